The van der Waals surface area contributed by atoms with Gasteiger partial charge in [-0.3, -0.25) is 0 Å². The minimum absolute atomic E-state index is 0.379. The van der Waals surface area contributed by atoms with Crippen LogP contribution in [0.1, 0.15) is 35.3 Å². The fourth-order valence-corrected chi connectivity index (χ4v) is 3.10. The first kappa shape index (κ1) is 16.3. The molecule has 2 aromatic rings. The van der Waals surface area contributed by atoms with E-state index in [-0.39, 0.29) is 0 Å². The Morgan fingerprint density at radius 2 is 2.05 bits per heavy atom. The van der Waals surface area contributed by atoms with Crippen LogP contribution in [0.25, 0.3) is 0 Å². The number of hydrogen-bond donors (Lipinski definition) is 2. The summed E-state index contributed by atoms with van der Waals surface area (Å²) in [7, 11) is 1.64. The molecule has 2 rings (SSSR count). The molecule has 1 aromatic carbocycles. The number of ether oxygens (including phenoxy) is 1. The Morgan fingerprint density at radius 1 is 1.36 bits per heavy atom. The summed E-state index contributed by atoms with van der Waals surface area (Å²) in [5.41, 5.74) is 7.94. The van der Waals surface area contributed by atoms with Crippen molar-refractivity contribution in [3.63, 3.8) is 0 Å². The Hall–Kier alpha value is -2.08. The minimum atomic E-state index is 0.379. The molecule has 5 nitrogen and oxygen atoms in total. The summed E-state index contributed by atoms with van der Waals surface area (Å²) in [5, 5.41) is 4.04. The van der Waals surface area contributed by atoms with Gasteiger partial charge in [0, 0.05) is 10.6 Å². The molecule has 0 atom stereocenters. The molecule has 118 valence electrons. The number of benzene rings is 1. The minimum Gasteiger partial charge on any atom is -0.497 e. The summed E-state index contributed by atoms with van der Waals surface area (Å²) < 4.78 is 5.12. The first-order valence-corrected chi connectivity index (χ1v) is 7.98. The number of nitrogens with two attached hydrogens (primary N) is 1. The lowest BCUT2D eigenvalue weighted by molar-refractivity contribution is 0.415. The van der Waals surface area contributed by atoms with Gasteiger partial charge in [0.05, 0.1) is 19.3 Å². The molecule has 6 heteroatoms. The number of guanidine groups is 1. The zero-order chi connectivity index (χ0) is 16.1. The van der Waals surface area contributed by atoms with Gasteiger partial charge in [0.25, 0.3) is 0 Å². The molecule has 1 aromatic heterocycles. The van der Waals surface area contributed by atoms with Crippen molar-refractivity contribution in [1.82, 2.24) is 4.98 Å². The zero-order valence-corrected chi connectivity index (χ0v) is 14.2. The quantitative estimate of drug-likeness (QED) is 0.653. The maximum Gasteiger partial charge on any atom is 0.193 e. The molecule has 0 amide bonds. The van der Waals surface area contributed by atoms with Gasteiger partial charge < -0.3 is 15.8 Å². The number of aromatic nitrogens is 1. The lowest BCUT2D eigenvalue weighted by Crippen LogP contribution is -2.22. The van der Waals surface area contributed by atoms with E-state index in [9.17, 15) is 0 Å². The standard InChI is InChI=1S/C16H22N4OS/c1-10(2)15-11(3)22-14(20-15)9-18-16(17)19-12-5-7-13(21-4)8-6-12/h5-8,10H,9H2,1-4H3,(H3,17,18,19). The third kappa shape index (κ3) is 4.21. The number of aryl methyl sites for hydroxylation is 1. The van der Waals surface area contributed by atoms with Crippen molar-refractivity contribution in [1.29, 1.82) is 0 Å². The first-order valence-electron chi connectivity index (χ1n) is 7.16. The molecule has 0 unspecified atom stereocenters. The smallest absolute Gasteiger partial charge is 0.193 e. The first-order chi connectivity index (χ1) is 10.5. The van der Waals surface area contributed by atoms with Crippen LogP contribution in [-0.4, -0.2) is 18.1 Å². The molecule has 0 bridgehead atoms. The number of hydrogen-bond acceptors (Lipinski definition) is 4. The second kappa shape index (κ2) is 7.26. The Kier molecular flexibility index (Phi) is 5.38. The average molecular weight is 318 g/mol. The van der Waals surface area contributed by atoms with Crippen LogP contribution in [0.15, 0.2) is 29.3 Å². The van der Waals surface area contributed by atoms with Gasteiger partial charge in [0.2, 0.25) is 0 Å². The van der Waals surface area contributed by atoms with E-state index in [1.54, 1.807) is 18.4 Å². The zero-order valence-electron chi connectivity index (χ0n) is 13.4. The van der Waals surface area contributed by atoms with Gasteiger partial charge in [-0.2, -0.15) is 0 Å². The Labute approximate surface area is 135 Å². The second-order valence-electron chi connectivity index (χ2n) is 5.26. The molecule has 0 fully saturated rings. The van der Waals surface area contributed by atoms with Gasteiger partial charge >= 0.3 is 0 Å². The number of rotatable bonds is 5. The number of nitrogens with zero attached hydrogens (tertiary/aromatic N) is 2. The monoisotopic (exact) mass is 318 g/mol. The van der Waals surface area contributed by atoms with E-state index in [0.717, 1.165) is 22.1 Å². The molecule has 0 aliphatic heterocycles. The van der Waals surface area contributed by atoms with E-state index in [1.165, 1.54) is 4.88 Å². The maximum absolute atomic E-state index is 5.91. The summed E-state index contributed by atoms with van der Waals surface area (Å²) >= 11 is 1.68. The molecule has 22 heavy (non-hydrogen) atoms. The highest BCUT2D eigenvalue weighted by Gasteiger charge is 2.10. The summed E-state index contributed by atoms with van der Waals surface area (Å²) in [6, 6.07) is 7.53. The maximum atomic E-state index is 5.91. The summed E-state index contributed by atoms with van der Waals surface area (Å²) in [6.07, 6.45) is 0. The van der Waals surface area contributed by atoms with Gasteiger partial charge in [0.15, 0.2) is 5.96 Å². The van der Waals surface area contributed by atoms with E-state index in [0.29, 0.717) is 18.4 Å². The topological polar surface area (TPSA) is 72.5 Å². The largest absolute Gasteiger partial charge is 0.497 e. The highest BCUT2D eigenvalue weighted by molar-refractivity contribution is 7.11. The van der Waals surface area contributed by atoms with Crippen molar-refractivity contribution in [3.8, 4) is 5.75 Å². The highest BCUT2D eigenvalue weighted by atomic mass is 32.1. The number of anilines is 1. The molecule has 0 aliphatic carbocycles. The van der Waals surface area contributed by atoms with Gasteiger partial charge in [-0.05, 0) is 37.1 Å². The van der Waals surface area contributed by atoms with Gasteiger partial charge in [-0.15, -0.1) is 11.3 Å². The third-order valence-corrected chi connectivity index (χ3v) is 4.14. The Bertz CT molecular complexity index is 647. The van der Waals surface area contributed by atoms with Crippen LogP contribution in [0.3, 0.4) is 0 Å². The van der Waals surface area contributed by atoms with Crippen LogP contribution in [0.5, 0.6) is 5.75 Å². The highest BCUT2D eigenvalue weighted by Crippen LogP contribution is 2.24. The molecule has 3 N–H and O–H groups in total. The van der Waals surface area contributed by atoms with E-state index in [2.05, 4.69) is 36.1 Å². The SMILES string of the molecule is COc1ccc(NC(N)=NCc2nc(C(C)C)c(C)s2)cc1. The van der Waals surface area contributed by atoms with Crippen molar-refractivity contribution < 1.29 is 4.74 Å². The molecular formula is C16H22N4OS. The fourth-order valence-electron chi connectivity index (χ4n) is 2.08. The van der Waals surface area contributed by atoms with Crippen molar-refractivity contribution in [2.45, 2.75) is 33.2 Å². The van der Waals surface area contributed by atoms with Crippen LogP contribution in [0.4, 0.5) is 5.69 Å². The molecule has 1 heterocycles. The molecule has 0 spiro atoms. The Morgan fingerprint density at radius 3 is 2.59 bits per heavy atom. The predicted octanol–water partition coefficient (Wildman–Crippen LogP) is 3.51. The van der Waals surface area contributed by atoms with Crippen molar-refractivity contribution in [2.75, 3.05) is 12.4 Å². The van der Waals surface area contributed by atoms with Crippen LogP contribution >= 0.6 is 11.3 Å². The van der Waals surface area contributed by atoms with E-state index in [4.69, 9.17) is 10.5 Å². The van der Waals surface area contributed by atoms with E-state index >= 15 is 0 Å². The van der Waals surface area contributed by atoms with Gasteiger partial charge in [0.1, 0.15) is 10.8 Å². The van der Waals surface area contributed by atoms with Crippen LogP contribution in [-0.2, 0) is 6.54 Å². The number of nitrogens with one attached hydrogen (secondary N) is 1. The van der Waals surface area contributed by atoms with E-state index in [1.807, 2.05) is 24.3 Å². The van der Waals surface area contributed by atoms with Crippen molar-refractivity contribution >= 4 is 23.0 Å². The molecule has 0 aliphatic rings. The average Bonchev–Trinajstić information content (AvgIpc) is 2.87. The molecule has 0 saturated heterocycles. The summed E-state index contributed by atoms with van der Waals surface area (Å²) in [5.74, 6) is 1.62. The molecule has 0 radical (unpaired) electrons. The van der Waals surface area contributed by atoms with Gasteiger partial charge in [-0.25, -0.2) is 9.98 Å². The molecular weight excluding hydrogens is 296 g/mol. The number of aliphatic imine (C=N–C) groups is 1. The van der Waals surface area contributed by atoms with Crippen LogP contribution in [0.2, 0.25) is 0 Å². The predicted molar refractivity (Wildman–Crippen MR) is 92.9 cm³/mol. The summed E-state index contributed by atoms with van der Waals surface area (Å²) in [6.45, 7) is 6.88. The number of methoxy groups -OCH3 is 1. The van der Waals surface area contributed by atoms with E-state index < -0.39 is 0 Å². The fraction of sp³-hybridized carbons (Fsp3) is 0.375. The van der Waals surface area contributed by atoms with Gasteiger partial charge in [-0.1, -0.05) is 13.8 Å². The molecule has 0 saturated carbocycles. The lowest BCUT2D eigenvalue weighted by Gasteiger charge is -2.06. The summed E-state index contributed by atoms with van der Waals surface area (Å²) in [4.78, 5) is 10.2. The normalized spacial score (nSPS) is 11.8. The van der Waals surface area contributed by atoms with Crippen molar-refractivity contribution in [3.05, 3.63) is 39.8 Å². The Balaban J connectivity index is 1.98. The second-order valence-corrected chi connectivity index (χ2v) is 6.55. The van der Waals surface area contributed by atoms with Crippen LogP contribution in [0, 0.1) is 6.92 Å². The lowest BCUT2D eigenvalue weighted by atomic mass is 10.1. The van der Waals surface area contributed by atoms with Crippen molar-refractivity contribution in [2.24, 2.45) is 10.7 Å². The third-order valence-electron chi connectivity index (χ3n) is 3.17. The van der Waals surface area contributed by atoms with Crippen LogP contribution < -0.4 is 15.8 Å². The number of thiazole rings is 1.